The fourth-order valence-electron chi connectivity index (χ4n) is 1.76. The highest BCUT2D eigenvalue weighted by molar-refractivity contribution is 7.90. The highest BCUT2D eigenvalue weighted by Gasteiger charge is 2.16. The predicted molar refractivity (Wildman–Crippen MR) is 65.3 cm³/mol. The Bertz CT molecular complexity index is 542. The van der Waals surface area contributed by atoms with Crippen molar-refractivity contribution < 1.29 is 23.1 Å². The van der Waals surface area contributed by atoms with Crippen molar-refractivity contribution in [1.82, 2.24) is 5.32 Å². The summed E-state index contributed by atoms with van der Waals surface area (Å²) in [6.07, 6.45) is 0.324. The van der Waals surface area contributed by atoms with Crippen molar-refractivity contribution in [2.75, 3.05) is 13.0 Å². The van der Waals surface area contributed by atoms with Crippen LogP contribution in [-0.4, -0.2) is 32.6 Å². The van der Waals surface area contributed by atoms with Crippen LogP contribution in [0.4, 0.5) is 4.79 Å². The molecule has 0 bridgehead atoms. The van der Waals surface area contributed by atoms with Gasteiger partial charge < -0.3 is 9.84 Å². The standard InChI is InChI=1S/C11H15NO5S/c1-7-4-9(17-11(14)12-6-13)5-8(2)10(7)18(3,15)16/h4-5,13H,6H2,1-3H3,(H,12,14). The number of benzene rings is 1. The van der Waals surface area contributed by atoms with Crippen LogP contribution in [0.25, 0.3) is 0 Å². The zero-order chi connectivity index (χ0) is 13.9. The molecule has 18 heavy (non-hydrogen) atoms. The van der Waals surface area contributed by atoms with Gasteiger partial charge in [-0.1, -0.05) is 0 Å². The molecule has 0 spiro atoms. The van der Waals surface area contributed by atoms with Crippen LogP contribution in [0.1, 0.15) is 11.1 Å². The topological polar surface area (TPSA) is 92.7 Å². The second-order valence-corrected chi connectivity index (χ2v) is 5.84. The van der Waals surface area contributed by atoms with Gasteiger partial charge in [-0.15, -0.1) is 0 Å². The number of aliphatic hydroxyl groups excluding tert-OH is 1. The van der Waals surface area contributed by atoms with Gasteiger partial charge >= 0.3 is 6.09 Å². The van der Waals surface area contributed by atoms with Crippen molar-refractivity contribution in [2.45, 2.75) is 18.7 Å². The summed E-state index contributed by atoms with van der Waals surface area (Å²) in [6, 6.07) is 2.92. The molecule has 1 aromatic rings. The lowest BCUT2D eigenvalue weighted by Crippen LogP contribution is -2.27. The molecule has 1 amide bonds. The van der Waals surface area contributed by atoms with E-state index in [1.54, 1.807) is 13.8 Å². The molecule has 0 heterocycles. The van der Waals surface area contributed by atoms with Crippen molar-refractivity contribution in [1.29, 1.82) is 0 Å². The Morgan fingerprint density at radius 1 is 1.33 bits per heavy atom. The summed E-state index contributed by atoms with van der Waals surface area (Å²) in [4.78, 5) is 11.3. The lowest BCUT2D eigenvalue weighted by molar-refractivity contribution is 0.181. The Morgan fingerprint density at radius 2 is 1.83 bits per heavy atom. The number of aliphatic hydroxyl groups is 1. The minimum atomic E-state index is -3.32. The maximum Gasteiger partial charge on any atom is 0.414 e. The van der Waals surface area contributed by atoms with E-state index in [0.717, 1.165) is 6.26 Å². The van der Waals surface area contributed by atoms with Gasteiger partial charge in [0.15, 0.2) is 9.84 Å². The molecule has 1 aromatic carbocycles. The minimum Gasteiger partial charge on any atom is -0.410 e. The van der Waals surface area contributed by atoms with Crippen LogP contribution < -0.4 is 10.1 Å². The number of carbonyl (C=O) groups excluding carboxylic acids is 1. The number of hydrogen-bond donors (Lipinski definition) is 2. The zero-order valence-corrected chi connectivity index (χ0v) is 11.2. The van der Waals surface area contributed by atoms with Crippen molar-refractivity contribution >= 4 is 15.9 Å². The number of nitrogens with one attached hydrogen (secondary N) is 1. The zero-order valence-electron chi connectivity index (χ0n) is 10.4. The number of hydrogen-bond acceptors (Lipinski definition) is 5. The van der Waals surface area contributed by atoms with E-state index < -0.39 is 22.7 Å². The van der Waals surface area contributed by atoms with Gasteiger partial charge in [-0.3, -0.25) is 5.32 Å². The van der Waals surface area contributed by atoms with Gasteiger partial charge in [-0.05, 0) is 37.1 Å². The fraction of sp³-hybridized carbons (Fsp3) is 0.364. The van der Waals surface area contributed by atoms with Crippen LogP contribution in [0.5, 0.6) is 5.75 Å². The molecule has 0 aliphatic heterocycles. The van der Waals surface area contributed by atoms with Crippen molar-refractivity contribution in [2.24, 2.45) is 0 Å². The molecule has 7 heteroatoms. The number of rotatable bonds is 3. The third kappa shape index (κ3) is 3.44. The quantitative estimate of drug-likeness (QED) is 0.793. The monoisotopic (exact) mass is 273 g/mol. The molecule has 0 radical (unpaired) electrons. The van der Waals surface area contributed by atoms with E-state index in [1.807, 2.05) is 0 Å². The number of carbonyl (C=O) groups is 1. The van der Waals surface area contributed by atoms with E-state index in [2.05, 4.69) is 5.32 Å². The Kier molecular flexibility index (Phi) is 4.31. The summed E-state index contributed by atoms with van der Waals surface area (Å²) < 4.78 is 28.0. The summed E-state index contributed by atoms with van der Waals surface area (Å²) in [6.45, 7) is 2.72. The van der Waals surface area contributed by atoms with Crippen LogP contribution in [0.2, 0.25) is 0 Å². The lowest BCUT2D eigenvalue weighted by atomic mass is 10.1. The normalized spacial score (nSPS) is 11.1. The van der Waals surface area contributed by atoms with Crippen molar-refractivity contribution in [3.8, 4) is 5.75 Å². The van der Waals surface area contributed by atoms with Crippen molar-refractivity contribution in [3.05, 3.63) is 23.3 Å². The van der Waals surface area contributed by atoms with E-state index in [-0.39, 0.29) is 10.6 Å². The fourth-order valence-corrected chi connectivity index (χ4v) is 3.05. The maximum absolute atomic E-state index is 11.6. The summed E-state index contributed by atoms with van der Waals surface area (Å²) >= 11 is 0. The van der Waals surface area contributed by atoms with Gasteiger partial charge in [-0.25, -0.2) is 13.2 Å². The average Bonchev–Trinajstić information content (AvgIpc) is 2.13. The molecule has 6 nitrogen and oxygen atoms in total. The number of aryl methyl sites for hydroxylation is 2. The van der Waals surface area contributed by atoms with E-state index in [1.165, 1.54) is 12.1 Å². The van der Waals surface area contributed by atoms with Gasteiger partial charge in [0, 0.05) is 6.26 Å². The number of ether oxygens (including phenoxy) is 1. The Labute approximate surface area is 106 Å². The molecule has 100 valence electrons. The predicted octanol–water partition coefficient (Wildman–Crippen LogP) is 0.745. The summed E-state index contributed by atoms with van der Waals surface area (Å²) in [5.41, 5.74) is 1.01. The first-order valence-electron chi connectivity index (χ1n) is 5.13. The number of amides is 1. The van der Waals surface area contributed by atoms with Gasteiger partial charge in [0.05, 0.1) is 4.90 Å². The lowest BCUT2D eigenvalue weighted by Gasteiger charge is -2.11. The smallest absolute Gasteiger partial charge is 0.410 e. The number of sulfone groups is 1. The van der Waals surface area contributed by atoms with Crippen LogP contribution in [0.3, 0.4) is 0 Å². The van der Waals surface area contributed by atoms with Gasteiger partial charge in [-0.2, -0.15) is 0 Å². The first-order chi connectivity index (χ1) is 8.25. The first kappa shape index (κ1) is 14.5. The summed E-state index contributed by atoms with van der Waals surface area (Å²) in [5.74, 6) is 0.225. The molecule has 0 fully saturated rings. The first-order valence-corrected chi connectivity index (χ1v) is 7.02. The van der Waals surface area contributed by atoms with E-state index in [4.69, 9.17) is 9.84 Å². The highest BCUT2D eigenvalue weighted by atomic mass is 32.2. The SMILES string of the molecule is Cc1cc(OC(=O)NCO)cc(C)c1S(C)(=O)=O. The van der Waals surface area contributed by atoms with E-state index in [0.29, 0.717) is 11.1 Å². The third-order valence-corrected chi connectivity index (χ3v) is 3.62. The molecule has 0 atom stereocenters. The molecule has 0 saturated heterocycles. The molecule has 0 aliphatic rings. The van der Waals surface area contributed by atoms with Crippen LogP contribution in [-0.2, 0) is 9.84 Å². The summed E-state index contributed by atoms with van der Waals surface area (Å²) in [5, 5.41) is 10.5. The molecule has 0 aromatic heterocycles. The summed E-state index contributed by atoms with van der Waals surface area (Å²) in [7, 11) is -3.32. The van der Waals surface area contributed by atoms with Crippen molar-refractivity contribution in [3.63, 3.8) is 0 Å². The van der Waals surface area contributed by atoms with E-state index >= 15 is 0 Å². The molecule has 0 unspecified atom stereocenters. The maximum atomic E-state index is 11.6. The molecular formula is C11H15NO5S. The molecule has 1 rings (SSSR count). The average molecular weight is 273 g/mol. The Balaban J connectivity index is 3.12. The van der Waals surface area contributed by atoms with Crippen LogP contribution in [0.15, 0.2) is 17.0 Å². The van der Waals surface area contributed by atoms with Gasteiger partial charge in [0.2, 0.25) is 0 Å². The van der Waals surface area contributed by atoms with Crippen LogP contribution in [0, 0.1) is 13.8 Å². The third-order valence-electron chi connectivity index (χ3n) is 2.24. The second kappa shape index (κ2) is 5.36. The molecular weight excluding hydrogens is 258 g/mol. The Morgan fingerprint density at radius 3 is 2.22 bits per heavy atom. The molecule has 2 N–H and O–H groups in total. The molecule has 0 saturated carbocycles. The van der Waals surface area contributed by atoms with Gasteiger partial charge in [0.1, 0.15) is 12.5 Å². The minimum absolute atomic E-state index is 0.225. The largest absolute Gasteiger partial charge is 0.414 e. The second-order valence-electron chi connectivity index (χ2n) is 3.88. The van der Waals surface area contributed by atoms with Crippen LogP contribution >= 0.6 is 0 Å². The molecule has 0 aliphatic carbocycles. The van der Waals surface area contributed by atoms with E-state index in [9.17, 15) is 13.2 Å². The van der Waals surface area contributed by atoms with Gasteiger partial charge in [0.25, 0.3) is 0 Å². The Hall–Kier alpha value is -1.60. The highest BCUT2D eigenvalue weighted by Crippen LogP contribution is 2.25.